The van der Waals surface area contributed by atoms with Crippen LogP contribution in [0.2, 0.25) is 0 Å². The monoisotopic (exact) mass is 287 g/mol. The molecular weight excluding hydrogens is 270 g/mol. The maximum atomic E-state index is 12.6. The summed E-state index contributed by atoms with van der Waals surface area (Å²) in [4.78, 5) is 24.9. The highest BCUT2D eigenvalue weighted by atomic mass is 16.4. The molecule has 1 aromatic heterocycles. The summed E-state index contributed by atoms with van der Waals surface area (Å²) in [5.74, 6) is 0. The summed E-state index contributed by atoms with van der Waals surface area (Å²) in [5, 5.41) is 10.3. The third-order valence-electron chi connectivity index (χ3n) is 4.20. The molecule has 0 aliphatic carbocycles. The van der Waals surface area contributed by atoms with Crippen LogP contribution in [0.15, 0.2) is 29.2 Å². The van der Waals surface area contributed by atoms with Gasteiger partial charge in [-0.3, -0.25) is 4.79 Å². The molecule has 1 atom stereocenters. The lowest BCUT2D eigenvalue weighted by molar-refractivity contribution is 0.154. The van der Waals surface area contributed by atoms with Gasteiger partial charge in [0.05, 0.1) is 6.04 Å². The molecule has 110 valence electrons. The largest absolute Gasteiger partial charge is 0.465 e. The Morgan fingerprint density at radius 2 is 2.10 bits per heavy atom. The number of nitrogens with two attached hydrogens (primary N) is 1. The molecule has 0 spiro atoms. The molecule has 1 aromatic carbocycles. The van der Waals surface area contributed by atoms with Crippen LogP contribution in [0, 0.1) is 6.92 Å². The number of carbonyl (C=O) groups is 1. The van der Waals surface area contributed by atoms with Crippen molar-refractivity contribution in [2.24, 2.45) is 0 Å². The highest BCUT2D eigenvalue weighted by molar-refractivity contribution is 5.93. The maximum absolute atomic E-state index is 12.6. The zero-order valence-corrected chi connectivity index (χ0v) is 11.7. The van der Waals surface area contributed by atoms with Gasteiger partial charge in [-0.05, 0) is 31.0 Å². The van der Waals surface area contributed by atoms with Crippen LogP contribution in [0.4, 0.5) is 10.5 Å². The number of aryl methyl sites for hydroxylation is 1. The van der Waals surface area contributed by atoms with E-state index in [0.717, 1.165) is 10.9 Å². The average Bonchev–Trinajstić information content (AvgIpc) is 2.93. The number of anilines is 1. The lowest BCUT2D eigenvalue weighted by atomic mass is 10.1. The minimum absolute atomic E-state index is 0.111. The van der Waals surface area contributed by atoms with Gasteiger partial charge in [0.1, 0.15) is 0 Å². The van der Waals surface area contributed by atoms with E-state index in [0.29, 0.717) is 30.6 Å². The van der Waals surface area contributed by atoms with Crippen LogP contribution >= 0.6 is 0 Å². The van der Waals surface area contributed by atoms with E-state index < -0.39 is 6.09 Å². The number of nitrogens with zero attached hydrogens (tertiary/aromatic N) is 2. The normalized spacial score (nSPS) is 18.3. The second-order valence-electron chi connectivity index (χ2n) is 5.46. The van der Waals surface area contributed by atoms with E-state index >= 15 is 0 Å². The summed E-state index contributed by atoms with van der Waals surface area (Å²) in [5.41, 5.74) is 7.47. The van der Waals surface area contributed by atoms with Gasteiger partial charge in [0.2, 0.25) is 0 Å². The summed E-state index contributed by atoms with van der Waals surface area (Å²) in [6.07, 6.45) is 1.43. The van der Waals surface area contributed by atoms with Gasteiger partial charge in [-0.25, -0.2) is 4.79 Å². The van der Waals surface area contributed by atoms with Crippen molar-refractivity contribution in [1.82, 2.24) is 9.47 Å². The Kier molecular flexibility index (Phi) is 3.08. The highest BCUT2D eigenvalue weighted by Gasteiger charge is 2.27. The average molecular weight is 287 g/mol. The summed E-state index contributed by atoms with van der Waals surface area (Å²) in [6, 6.07) is 5.34. The number of hydrogen-bond donors (Lipinski definition) is 2. The highest BCUT2D eigenvalue weighted by Crippen LogP contribution is 2.25. The fourth-order valence-electron chi connectivity index (χ4n) is 2.90. The topological polar surface area (TPSA) is 88.6 Å². The molecule has 1 saturated heterocycles. The van der Waals surface area contributed by atoms with E-state index in [-0.39, 0.29) is 11.6 Å². The van der Waals surface area contributed by atoms with Crippen molar-refractivity contribution in [2.75, 3.05) is 18.8 Å². The minimum atomic E-state index is -0.939. The number of pyridine rings is 1. The Morgan fingerprint density at radius 3 is 2.76 bits per heavy atom. The van der Waals surface area contributed by atoms with Crippen molar-refractivity contribution in [2.45, 2.75) is 19.4 Å². The fraction of sp³-hybridized carbons (Fsp3) is 0.333. The first-order valence-electron chi connectivity index (χ1n) is 6.87. The van der Waals surface area contributed by atoms with E-state index in [9.17, 15) is 9.59 Å². The van der Waals surface area contributed by atoms with E-state index in [2.05, 4.69) is 0 Å². The molecule has 6 nitrogen and oxygen atoms in total. The zero-order chi connectivity index (χ0) is 15.1. The first-order valence-corrected chi connectivity index (χ1v) is 6.87. The molecule has 1 aliphatic rings. The Labute approximate surface area is 121 Å². The first kappa shape index (κ1) is 13.5. The number of nitrogen functional groups attached to an aromatic ring is 1. The molecule has 0 bridgehead atoms. The number of aromatic nitrogens is 1. The quantitative estimate of drug-likeness (QED) is 0.783. The third-order valence-corrected chi connectivity index (χ3v) is 4.20. The molecule has 2 heterocycles. The molecule has 0 unspecified atom stereocenters. The van der Waals surface area contributed by atoms with Gasteiger partial charge >= 0.3 is 6.09 Å². The fourth-order valence-corrected chi connectivity index (χ4v) is 2.90. The Bertz CT molecular complexity index is 782. The molecule has 2 aromatic rings. The number of hydrogen-bond acceptors (Lipinski definition) is 3. The predicted molar refractivity (Wildman–Crippen MR) is 80.6 cm³/mol. The lowest BCUT2D eigenvalue weighted by Gasteiger charge is -2.16. The van der Waals surface area contributed by atoms with Gasteiger partial charge < -0.3 is 20.3 Å². The molecule has 3 N–H and O–H groups in total. The maximum Gasteiger partial charge on any atom is 0.407 e. The second-order valence-corrected chi connectivity index (χ2v) is 5.46. The number of fused-ring (bicyclic) bond motifs is 1. The van der Waals surface area contributed by atoms with Crippen molar-refractivity contribution in [3.05, 3.63) is 40.3 Å². The lowest BCUT2D eigenvalue weighted by Crippen LogP contribution is -2.30. The Morgan fingerprint density at radius 1 is 1.33 bits per heavy atom. The number of carboxylic acid groups (broad SMARTS) is 1. The van der Waals surface area contributed by atoms with Crippen LogP contribution in [0.3, 0.4) is 0 Å². The van der Waals surface area contributed by atoms with E-state index in [1.165, 1.54) is 4.90 Å². The van der Waals surface area contributed by atoms with E-state index in [1.807, 2.05) is 19.1 Å². The van der Waals surface area contributed by atoms with Crippen LogP contribution in [-0.4, -0.2) is 33.8 Å². The molecule has 21 heavy (non-hydrogen) atoms. The number of amides is 1. The van der Waals surface area contributed by atoms with Crippen molar-refractivity contribution in [3.63, 3.8) is 0 Å². The summed E-state index contributed by atoms with van der Waals surface area (Å²) >= 11 is 0. The minimum Gasteiger partial charge on any atom is -0.465 e. The Balaban J connectivity index is 2.06. The first-order chi connectivity index (χ1) is 9.99. The SMILES string of the molecule is Cc1ccc2c(=O)n([C@H]3CCN(C(=O)O)C3)ccc2c1N. The second kappa shape index (κ2) is 4.80. The van der Waals surface area contributed by atoms with Crippen molar-refractivity contribution >= 4 is 22.6 Å². The molecular formula is C15H17N3O3. The van der Waals surface area contributed by atoms with Crippen molar-refractivity contribution in [3.8, 4) is 0 Å². The van der Waals surface area contributed by atoms with E-state index in [1.54, 1.807) is 16.8 Å². The Hall–Kier alpha value is -2.50. The molecule has 6 heteroatoms. The van der Waals surface area contributed by atoms with Crippen molar-refractivity contribution in [1.29, 1.82) is 0 Å². The molecule has 1 fully saturated rings. The van der Waals surface area contributed by atoms with Crippen LogP contribution in [0.1, 0.15) is 18.0 Å². The van der Waals surface area contributed by atoms with Gasteiger partial charge in [-0.2, -0.15) is 0 Å². The zero-order valence-electron chi connectivity index (χ0n) is 11.7. The predicted octanol–water partition coefficient (Wildman–Crippen LogP) is 1.82. The summed E-state index contributed by atoms with van der Waals surface area (Å²) < 4.78 is 1.63. The summed E-state index contributed by atoms with van der Waals surface area (Å²) in [6.45, 7) is 2.71. The third kappa shape index (κ3) is 2.12. The molecule has 3 rings (SSSR count). The van der Waals surface area contributed by atoms with Gasteiger partial charge in [-0.1, -0.05) is 6.07 Å². The van der Waals surface area contributed by atoms with Crippen LogP contribution in [0.5, 0.6) is 0 Å². The van der Waals surface area contributed by atoms with Gasteiger partial charge in [-0.15, -0.1) is 0 Å². The van der Waals surface area contributed by atoms with Crippen LogP contribution < -0.4 is 11.3 Å². The smallest absolute Gasteiger partial charge is 0.407 e. The molecule has 1 amide bonds. The standard InChI is InChI=1S/C15H17N3O3/c1-9-2-3-12-11(13(9)16)5-7-18(14(12)19)10-4-6-17(8-10)15(20)21/h2-3,5,7,10H,4,6,8,16H2,1H3,(H,20,21)/t10-/m0/s1. The van der Waals surface area contributed by atoms with E-state index in [4.69, 9.17) is 10.8 Å². The van der Waals surface area contributed by atoms with Crippen LogP contribution in [-0.2, 0) is 0 Å². The summed E-state index contributed by atoms with van der Waals surface area (Å²) in [7, 11) is 0. The molecule has 0 radical (unpaired) electrons. The number of benzene rings is 1. The van der Waals surface area contributed by atoms with Gasteiger partial charge in [0, 0.05) is 35.7 Å². The molecule has 0 saturated carbocycles. The van der Waals surface area contributed by atoms with Gasteiger partial charge in [0.15, 0.2) is 0 Å². The number of likely N-dealkylation sites (tertiary alicyclic amines) is 1. The van der Waals surface area contributed by atoms with Crippen molar-refractivity contribution < 1.29 is 9.90 Å². The van der Waals surface area contributed by atoms with Gasteiger partial charge in [0.25, 0.3) is 5.56 Å². The number of rotatable bonds is 1. The molecule has 1 aliphatic heterocycles. The van der Waals surface area contributed by atoms with Crippen LogP contribution in [0.25, 0.3) is 10.8 Å².